The Hall–Kier alpha value is -0.130. The molecule has 5 heteroatoms. The van der Waals surface area contributed by atoms with E-state index in [4.69, 9.17) is 0 Å². The number of hydrogen-bond acceptors (Lipinski definition) is 3. The van der Waals surface area contributed by atoms with Gasteiger partial charge in [-0.15, -0.1) is 0 Å². The summed E-state index contributed by atoms with van der Waals surface area (Å²) in [7, 11) is -3.12. The van der Waals surface area contributed by atoms with Crippen LogP contribution in [0.15, 0.2) is 0 Å². The van der Waals surface area contributed by atoms with Crippen molar-refractivity contribution in [3.8, 4) is 0 Å². The lowest BCUT2D eigenvalue weighted by atomic mass is 9.84. The van der Waals surface area contributed by atoms with Gasteiger partial charge in [-0.3, -0.25) is 0 Å². The molecular weight excluding hydrogens is 224 g/mol. The van der Waals surface area contributed by atoms with Gasteiger partial charge in [-0.25, -0.2) is 13.1 Å². The van der Waals surface area contributed by atoms with Crippen LogP contribution in [0.2, 0.25) is 0 Å². The summed E-state index contributed by atoms with van der Waals surface area (Å²) >= 11 is 0. The Balaban J connectivity index is 2.44. The summed E-state index contributed by atoms with van der Waals surface area (Å²) in [4.78, 5) is 0. The maximum atomic E-state index is 11.8. The van der Waals surface area contributed by atoms with Crippen LogP contribution >= 0.6 is 0 Å². The number of nitrogens with one attached hydrogen (secondary N) is 2. The summed E-state index contributed by atoms with van der Waals surface area (Å²) < 4.78 is 26.5. The zero-order chi connectivity index (χ0) is 12.1. The molecular formula is C11H24N2O2S. The molecule has 0 saturated heterocycles. The summed E-state index contributed by atoms with van der Waals surface area (Å²) in [6, 6.07) is 0. The van der Waals surface area contributed by atoms with Gasteiger partial charge >= 0.3 is 0 Å². The third-order valence-corrected chi connectivity index (χ3v) is 4.70. The summed E-state index contributed by atoms with van der Waals surface area (Å²) in [5, 5.41) is 3.03. The van der Waals surface area contributed by atoms with Gasteiger partial charge in [-0.1, -0.05) is 26.2 Å². The summed E-state index contributed by atoms with van der Waals surface area (Å²) in [6.07, 6.45) is 5.42. The van der Waals surface area contributed by atoms with E-state index in [1.54, 1.807) is 0 Å². The molecule has 96 valence electrons. The van der Waals surface area contributed by atoms with E-state index in [2.05, 4.69) is 10.0 Å². The SMILES string of the molecule is CCNCCS(=O)(=O)NC1(C)CCCCC1. The van der Waals surface area contributed by atoms with E-state index in [0.29, 0.717) is 6.54 Å². The molecule has 1 rings (SSSR count). The smallest absolute Gasteiger partial charge is 0.213 e. The van der Waals surface area contributed by atoms with Gasteiger partial charge in [0.2, 0.25) is 10.0 Å². The Morgan fingerprint density at radius 2 is 1.81 bits per heavy atom. The molecule has 1 aliphatic carbocycles. The van der Waals surface area contributed by atoms with E-state index < -0.39 is 10.0 Å². The van der Waals surface area contributed by atoms with E-state index in [1.807, 2.05) is 13.8 Å². The minimum absolute atomic E-state index is 0.177. The molecule has 0 bridgehead atoms. The molecule has 1 saturated carbocycles. The van der Waals surface area contributed by atoms with E-state index in [-0.39, 0.29) is 11.3 Å². The van der Waals surface area contributed by atoms with Crippen molar-refractivity contribution in [3.63, 3.8) is 0 Å². The maximum Gasteiger partial charge on any atom is 0.213 e. The van der Waals surface area contributed by atoms with Crippen molar-refractivity contribution in [3.05, 3.63) is 0 Å². The standard InChI is InChI=1S/C11H24N2O2S/c1-3-12-9-10-16(14,15)13-11(2)7-5-4-6-8-11/h12-13H,3-10H2,1-2H3. The Bertz CT molecular complexity index is 295. The molecule has 0 aromatic rings. The van der Waals surface area contributed by atoms with Crippen LogP contribution in [0.4, 0.5) is 0 Å². The molecule has 1 fully saturated rings. The summed E-state index contributed by atoms with van der Waals surface area (Å²) in [5.41, 5.74) is -0.205. The zero-order valence-electron chi connectivity index (χ0n) is 10.4. The summed E-state index contributed by atoms with van der Waals surface area (Å²) in [6.45, 7) is 5.34. The Labute approximate surface area is 99.2 Å². The molecule has 0 heterocycles. The quantitative estimate of drug-likeness (QED) is 0.695. The fourth-order valence-corrected chi connectivity index (χ4v) is 3.71. The van der Waals surface area contributed by atoms with Crippen molar-refractivity contribution in [1.82, 2.24) is 10.0 Å². The molecule has 2 N–H and O–H groups in total. The molecule has 0 spiro atoms. The van der Waals surface area contributed by atoms with E-state index >= 15 is 0 Å². The lowest BCUT2D eigenvalue weighted by Gasteiger charge is -2.34. The van der Waals surface area contributed by atoms with Crippen LogP contribution in [0.5, 0.6) is 0 Å². The first kappa shape index (κ1) is 13.9. The van der Waals surface area contributed by atoms with Gasteiger partial charge in [0.1, 0.15) is 0 Å². The second-order valence-electron chi connectivity index (χ2n) is 4.90. The van der Waals surface area contributed by atoms with Crippen LogP contribution in [0.25, 0.3) is 0 Å². The van der Waals surface area contributed by atoms with Gasteiger partial charge in [0.05, 0.1) is 5.75 Å². The van der Waals surface area contributed by atoms with Crippen LogP contribution in [0, 0.1) is 0 Å². The van der Waals surface area contributed by atoms with Crippen LogP contribution < -0.4 is 10.0 Å². The first-order valence-corrected chi connectivity index (χ1v) is 7.85. The van der Waals surface area contributed by atoms with E-state index in [1.165, 1.54) is 6.42 Å². The van der Waals surface area contributed by atoms with Crippen molar-refractivity contribution in [2.24, 2.45) is 0 Å². The third kappa shape index (κ3) is 4.80. The molecule has 0 aliphatic heterocycles. The van der Waals surface area contributed by atoms with Crippen molar-refractivity contribution < 1.29 is 8.42 Å². The van der Waals surface area contributed by atoms with Crippen molar-refractivity contribution in [1.29, 1.82) is 0 Å². The molecule has 0 aromatic carbocycles. The highest BCUT2D eigenvalue weighted by Crippen LogP contribution is 2.28. The zero-order valence-corrected chi connectivity index (χ0v) is 11.2. The number of sulfonamides is 1. The Kier molecular flexibility index (Phi) is 5.21. The van der Waals surface area contributed by atoms with Crippen molar-refractivity contribution in [2.75, 3.05) is 18.8 Å². The number of rotatable bonds is 6. The molecule has 4 nitrogen and oxygen atoms in total. The van der Waals surface area contributed by atoms with Gasteiger partial charge in [-0.05, 0) is 26.3 Å². The predicted molar refractivity (Wildman–Crippen MR) is 67.0 cm³/mol. The average Bonchev–Trinajstić information content (AvgIpc) is 2.17. The second-order valence-corrected chi connectivity index (χ2v) is 6.74. The first-order valence-electron chi connectivity index (χ1n) is 6.20. The molecule has 0 unspecified atom stereocenters. The fourth-order valence-electron chi connectivity index (χ4n) is 2.24. The van der Waals surface area contributed by atoms with Gasteiger partial charge in [0, 0.05) is 12.1 Å². The highest BCUT2D eigenvalue weighted by Gasteiger charge is 2.30. The van der Waals surface area contributed by atoms with Crippen LogP contribution in [0.3, 0.4) is 0 Å². The van der Waals surface area contributed by atoms with Gasteiger partial charge in [0.25, 0.3) is 0 Å². The summed E-state index contributed by atoms with van der Waals surface area (Å²) in [5.74, 6) is 0.177. The van der Waals surface area contributed by atoms with Gasteiger partial charge < -0.3 is 5.32 Å². The lowest BCUT2D eigenvalue weighted by Crippen LogP contribution is -2.48. The van der Waals surface area contributed by atoms with Crippen LogP contribution in [-0.4, -0.2) is 32.8 Å². The molecule has 1 aliphatic rings. The molecule has 0 amide bonds. The normalized spacial score (nSPS) is 20.9. The van der Waals surface area contributed by atoms with Crippen molar-refractivity contribution in [2.45, 2.75) is 51.5 Å². The lowest BCUT2D eigenvalue weighted by molar-refractivity contribution is 0.294. The Morgan fingerprint density at radius 1 is 1.19 bits per heavy atom. The minimum Gasteiger partial charge on any atom is -0.316 e. The largest absolute Gasteiger partial charge is 0.316 e. The topological polar surface area (TPSA) is 58.2 Å². The number of hydrogen-bond donors (Lipinski definition) is 2. The van der Waals surface area contributed by atoms with Crippen LogP contribution in [-0.2, 0) is 10.0 Å². The monoisotopic (exact) mass is 248 g/mol. The van der Waals surface area contributed by atoms with Crippen LogP contribution in [0.1, 0.15) is 46.0 Å². The van der Waals surface area contributed by atoms with Crippen molar-refractivity contribution >= 4 is 10.0 Å². The molecule has 16 heavy (non-hydrogen) atoms. The van der Waals surface area contributed by atoms with Gasteiger partial charge in [0.15, 0.2) is 0 Å². The predicted octanol–water partition coefficient (Wildman–Crippen LogP) is 1.24. The third-order valence-electron chi connectivity index (χ3n) is 3.16. The minimum atomic E-state index is -3.12. The van der Waals surface area contributed by atoms with E-state index in [9.17, 15) is 8.42 Å². The molecule has 0 aromatic heterocycles. The fraction of sp³-hybridized carbons (Fsp3) is 1.00. The molecule has 0 atom stereocenters. The first-order chi connectivity index (χ1) is 7.47. The highest BCUT2D eigenvalue weighted by atomic mass is 32.2. The molecule has 0 radical (unpaired) electrons. The van der Waals surface area contributed by atoms with E-state index in [0.717, 1.165) is 32.2 Å². The highest BCUT2D eigenvalue weighted by molar-refractivity contribution is 7.89. The average molecular weight is 248 g/mol. The second kappa shape index (κ2) is 5.98. The maximum absolute atomic E-state index is 11.8. The Morgan fingerprint density at radius 3 is 2.38 bits per heavy atom. The van der Waals surface area contributed by atoms with Gasteiger partial charge in [-0.2, -0.15) is 0 Å².